The molecule has 1 aromatic heterocycles. The Hall–Kier alpha value is -1.65. The minimum Gasteiger partial charge on any atom is -0.481 e. The Labute approximate surface area is 107 Å². The summed E-state index contributed by atoms with van der Waals surface area (Å²) in [4.78, 5) is 19.2. The van der Waals surface area contributed by atoms with E-state index in [1.54, 1.807) is 0 Å². The van der Waals surface area contributed by atoms with Crippen LogP contribution in [0.3, 0.4) is 0 Å². The number of nitrogens with zero attached hydrogens (tertiary/aromatic N) is 2. The third kappa shape index (κ3) is 3.18. The van der Waals surface area contributed by atoms with Crippen molar-refractivity contribution in [1.82, 2.24) is 9.97 Å². The standard InChI is InChI=1S/C13H19N3O2/c1-13(2,6-11(17)18)16-12-14-7-10(8-15-12)9-4-3-5-9/h7-9H,3-6H2,1-2H3,(H,17,18)(H,14,15,16). The van der Waals surface area contributed by atoms with Crippen LogP contribution in [0.2, 0.25) is 0 Å². The Balaban J connectivity index is 1.98. The molecule has 0 amide bonds. The van der Waals surface area contributed by atoms with Gasteiger partial charge >= 0.3 is 5.97 Å². The van der Waals surface area contributed by atoms with E-state index in [0.717, 1.165) is 0 Å². The van der Waals surface area contributed by atoms with Gasteiger partial charge in [0.15, 0.2) is 0 Å². The first kappa shape index (κ1) is 12.8. The summed E-state index contributed by atoms with van der Waals surface area (Å²) in [6.07, 6.45) is 7.45. The van der Waals surface area contributed by atoms with Crippen molar-refractivity contribution >= 4 is 11.9 Å². The van der Waals surface area contributed by atoms with Gasteiger partial charge in [0.25, 0.3) is 0 Å². The van der Waals surface area contributed by atoms with Crippen molar-refractivity contribution in [2.75, 3.05) is 5.32 Å². The van der Waals surface area contributed by atoms with Gasteiger partial charge in [-0.1, -0.05) is 6.42 Å². The number of carboxylic acid groups (broad SMARTS) is 1. The van der Waals surface area contributed by atoms with Crippen molar-refractivity contribution in [2.45, 2.75) is 51.0 Å². The Bertz CT molecular complexity index is 424. The third-order valence-corrected chi connectivity index (χ3v) is 3.29. The highest BCUT2D eigenvalue weighted by atomic mass is 16.4. The van der Waals surface area contributed by atoms with Crippen LogP contribution in [0, 0.1) is 0 Å². The SMILES string of the molecule is CC(C)(CC(=O)O)Nc1ncc(C2CCC2)cn1. The molecule has 1 fully saturated rings. The third-order valence-electron chi connectivity index (χ3n) is 3.29. The number of rotatable bonds is 5. The lowest BCUT2D eigenvalue weighted by Gasteiger charge is -2.26. The summed E-state index contributed by atoms with van der Waals surface area (Å²) in [6.45, 7) is 3.65. The maximum atomic E-state index is 10.7. The molecule has 0 radical (unpaired) electrons. The fraction of sp³-hybridized carbons (Fsp3) is 0.615. The summed E-state index contributed by atoms with van der Waals surface area (Å²) in [6, 6.07) is 0. The largest absolute Gasteiger partial charge is 0.481 e. The van der Waals surface area contributed by atoms with Crippen LogP contribution in [0.15, 0.2) is 12.4 Å². The number of hydrogen-bond acceptors (Lipinski definition) is 4. The first-order valence-corrected chi connectivity index (χ1v) is 6.28. The number of aliphatic carboxylic acids is 1. The molecule has 5 nitrogen and oxygen atoms in total. The second-order valence-electron chi connectivity index (χ2n) is 5.55. The van der Waals surface area contributed by atoms with Gasteiger partial charge in [-0.15, -0.1) is 0 Å². The summed E-state index contributed by atoms with van der Waals surface area (Å²) < 4.78 is 0. The quantitative estimate of drug-likeness (QED) is 0.838. The molecule has 0 aromatic carbocycles. The van der Waals surface area contributed by atoms with Gasteiger partial charge in [-0.3, -0.25) is 4.79 Å². The molecule has 0 unspecified atom stereocenters. The van der Waals surface area contributed by atoms with Gasteiger partial charge < -0.3 is 10.4 Å². The second kappa shape index (κ2) is 4.92. The predicted octanol–water partition coefficient (Wildman–Crippen LogP) is 2.41. The molecule has 0 atom stereocenters. The lowest BCUT2D eigenvalue weighted by Crippen LogP contribution is -2.34. The van der Waals surface area contributed by atoms with E-state index in [9.17, 15) is 4.79 Å². The van der Waals surface area contributed by atoms with E-state index >= 15 is 0 Å². The predicted molar refractivity (Wildman–Crippen MR) is 68.6 cm³/mol. The number of aromatic nitrogens is 2. The summed E-state index contributed by atoms with van der Waals surface area (Å²) in [5, 5.41) is 11.9. The summed E-state index contributed by atoms with van der Waals surface area (Å²) >= 11 is 0. The van der Waals surface area contributed by atoms with Gasteiger partial charge in [0, 0.05) is 17.9 Å². The van der Waals surface area contributed by atoms with E-state index in [1.807, 2.05) is 26.2 Å². The van der Waals surface area contributed by atoms with Gasteiger partial charge in [0.2, 0.25) is 5.95 Å². The first-order chi connectivity index (χ1) is 8.46. The van der Waals surface area contributed by atoms with E-state index in [2.05, 4.69) is 15.3 Å². The maximum Gasteiger partial charge on any atom is 0.305 e. The fourth-order valence-corrected chi connectivity index (χ4v) is 2.08. The molecule has 98 valence electrons. The number of carbonyl (C=O) groups is 1. The van der Waals surface area contributed by atoms with Crippen LogP contribution >= 0.6 is 0 Å². The maximum absolute atomic E-state index is 10.7. The van der Waals surface area contributed by atoms with Crippen molar-refractivity contribution in [2.24, 2.45) is 0 Å². The molecule has 1 saturated carbocycles. The molecule has 1 aromatic rings. The summed E-state index contributed by atoms with van der Waals surface area (Å²) in [5.74, 6) is 0.272. The lowest BCUT2D eigenvalue weighted by molar-refractivity contribution is -0.137. The van der Waals surface area contributed by atoms with Crippen LogP contribution in [0.25, 0.3) is 0 Å². The van der Waals surface area contributed by atoms with Crippen LogP contribution in [-0.4, -0.2) is 26.6 Å². The van der Waals surface area contributed by atoms with Crippen molar-refractivity contribution in [3.63, 3.8) is 0 Å². The van der Waals surface area contributed by atoms with E-state index in [-0.39, 0.29) is 6.42 Å². The molecule has 18 heavy (non-hydrogen) atoms. The van der Waals surface area contributed by atoms with Gasteiger partial charge in [-0.05, 0) is 38.2 Å². The topological polar surface area (TPSA) is 75.1 Å². The lowest BCUT2D eigenvalue weighted by atomic mass is 9.81. The van der Waals surface area contributed by atoms with Crippen molar-refractivity contribution in [3.8, 4) is 0 Å². The zero-order valence-corrected chi connectivity index (χ0v) is 10.8. The molecule has 1 heterocycles. The molecule has 2 rings (SSSR count). The fourth-order valence-electron chi connectivity index (χ4n) is 2.08. The van der Waals surface area contributed by atoms with Gasteiger partial charge in [0.05, 0.1) is 6.42 Å². The van der Waals surface area contributed by atoms with Gasteiger partial charge in [0.1, 0.15) is 0 Å². The molecule has 0 bridgehead atoms. The molecule has 1 aliphatic rings. The van der Waals surface area contributed by atoms with E-state index < -0.39 is 11.5 Å². The van der Waals surface area contributed by atoms with E-state index in [0.29, 0.717) is 11.9 Å². The smallest absolute Gasteiger partial charge is 0.305 e. The molecular weight excluding hydrogens is 230 g/mol. The highest BCUT2D eigenvalue weighted by molar-refractivity contribution is 5.69. The minimum atomic E-state index is -0.835. The minimum absolute atomic E-state index is 0.0285. The summed E-state index contributed by atoms with van der Waals surface area (Å²) in [5.41, 5.74) is 0.631. The molecule has 0 aliphatic heterocycles. The van der Waals surface area contributed by atoms with Crippen molar-refractivity contribution in [1.29, 1.82) is 0 Å². The van der Waals surface area contributed by atoms with Crippen molar-refractivity contribution in [3.05, 3.63) is 18.0 Å². The second-order valence-corrected chi connectivity index (χ2v) is 5.55. The van der Waals surface area contributed by atoms with Crippen LogP contribution in [-0.2, 0) is 4.79 Å². The molecule has 5 heteroatoms. The summed E-state index contributed by atoms with van der Waals surface area (Å²) in [7, 11) is 0. The van der Waals surface area contributed by atoms with E-state index in [1.165, 1.54) is 24.8 Å². The highest BCUT2D eigenvalue weighted by Gasteiger charge is 2.23. The van der Waals surface area contributed by atoms with Crippen molar-refractivity contribution < 1.29 is 9.90 Å². The Morgan fingerprint density at radius 1 is 1.44 bits per heavy atom. The number of hydrogen-bond donors (Lipinski definition) is 2. The molecular formula is C13H19N3O2. The Kier molecular flexibility index (Phi) is 3.50. The number of nitrogens with one attached hydrogen (secondary N) is 1. The first-order valence-electron chi connectivity index (χ1n) is 6.28. The number of anilines is 1. The molecule has 0 spiro atoms. The van der Waals surface area contributed by atoms with Gasteiger partial charge in [-0.25, -0.2) is 9.97 Å². The van der Waals surface area contributed by atoms with Crippen LogP contribution in [0.4, 0.5) is 5.95 Å². The zero-order chi connectivity index (χ0) is 13.2. The Morgan fingerprint density at radius 2 is 2.06 bits per heavy atom. The van der Waals surface area contributed by atoms with Crippen LogP contribution in [0.1, 0.15) is 51.0 Å². The van der Waals surface area contributed by atoms with E-state index in [4.69, 9.17) is 5.11 Å². The Morgan fingerprint density at radius 3 is 2.50 bits per heavy atom. The molecule has 1 aliphatic carbocycles. The highest BCUT2D eigenvalue weighted by Crippen LogP contribution is 2.35. The van der Waals surface area contributed by atoms with Gasteiger partial charge in [-0.2, -0.15) is 0 Å². The molecule has 2 N–H and O–H groups in total. The van der Waals surface area contributed by atoms with Crippen LogP contribution in [0.5, 0.6) is 0 Å². The average Bonchev–Trinajstić information content (AvgIpc) is 2.15. The molecule has 0 saturated heterocycles. The normalized spacial score (nSPS) is 16.1. The zero-order valence-electron chi connectivity index (χ0n) is 10.8. The average molecular weight is 249 g/mol. The monoisotopic (exact) mass is 249 g/mol. The number of carboxylic acids is 1. The van der Waals surface area contributed by atoms with Crippen LogP contribution < -0.4 is 5.32 Å².